The molecule has 1 saturated carbocycles. The van der Waals surface area contributed by atoms with Gasteiger partial charge in [0.25, 0.3) is 0 Å². The van der Waals surface area contributed by atoms with Gasteiger partial charge in [-0.15, -0.1) is 0 Å². The number of hydrogen-bond donors (Lipinski definition) is 0. The molecular formula is C29H35FN2. The minimum atomic E-state index is -0.249. The van der Waals surface area contributed by atoms with Crippen molar-refractivity contribution in [3.05, 3.63) is 72.3 Å². The quantitative estimate of drug-likeness (QED) is 0.318. The summed E-state index contributed by atoms with van der Waals surface area (Å²) in [6.07, 6.45) is 17.6. The summed E-state index contributed by atoms with van der Waals surface area (Å²) >= 11 is 0. The van der Waals surface area contributed by atoms with E-state index in [1.165, 1.54) is 81.9 Å². The van der Waals surface area contributed by atoms with Crippen molar-refractivity contribution in [2.45, 2.75) is 77.0 Å². The van der Waals surface area contributed by atoms with Gasteiger partial charge in [0.15, 0.2) is 5.82 Å². The van der Waals surface area contributed by atoms with Crippen LogP contribution in [0.15, 0.2) is 60.9 Å². The van der Waals surface area contributed by atoms with E-state index in [9.17, 15) is 4.39 Å². The smallest absolute Gasteiger partial charge is 0.159 e. The fourth-order valence-electron chi connectivity index (χ4n) is 4.99. The third-order valence-electron chi connectivity index (χ3n) is 7.03. The number of rotatable bonds is 9. The average molecular weight is 431 g/mol. The number of benzene rings is 2. The first-order chi connectivity index (χ1) is 15.7. The molecule has 168 valence electrons. The lowest BCUT2D eigenvalue weighted by Crippen LogP contribution is -2.13. The number of aromatic nitrogens is 2. The van der Waals surface area contributed by atoms with Gasteiger partial charge in [0, 0.05) is 23.5 Å². The molecule has 3 heteroatoms. The Morgan fingerprint density at radius 3 is 2.00 bits per heavy atom. The molecule has 1 aromatic heterocycles. The van der Waals surface area contributed by atoms with Crippen LogP contribution >= 0.6 is 0 Å². The molecular weight excluding hydrogens is 395 g/mol. The van der Waals surface area contributed by atoms with Crippen molar-refractivity contribution < 1.29 is 4.39 Å². The van der Waals surface area contributed by atoms with Gasteiger partial charge in [-0.1, -0.05) is 69.7 Å². The van der Waals surface area contributed by atoms with E-state index < -0.39 is 0 Å². The third-order valence-corrected chi connectivity index (χ3v) is 7.03. The van der Waals surface area contributed by atoms with Crippen molar-refractivity contribution in [3.63, 3.8) is 0 Å². The van der Waals surface area contributed by atoms with E-state index in [-0.39, 0.29) is 5.82 Å². The first-order valence-corrected chi connectivity index (χ1v) is 12.4. The molecule has 0 radical (unpaired) electrons. The number of nitrogens with zero attached hydrogens (tertiary/aromatic N) is 2. The van der Waals surface area contributed by atoms with Crippen LogP contribution in [0, 0.1) is 11.7 Å². The summed E-state index contributed by atoms with van der Waals surface area (Å²) in [5.41, 5.74) is 4.44. The summed E-state index contributed by atoms with van der Waals surface area (Å²) in [7, 11) is 0. The standard InChI is InChI=1S/C29H35FN2/c1-2-3-4-5-6-7-22-8-10-23(11-9-22)24-12-14-25(15-13-24)27-20-31-29(32-21-27)26-16-18-28(30)19-17-26/h12-23H,2-11H2,1H3/t22-,23-. The molecule has 1 aliphatic rings. The second-order valence-corrected chi connectivity index (χ2v) is 9.34. The van der Waals surface area contributed by atoms with Gasteiger partial charge in [0.2, 0.25) is 0 Å². The van der Waals surface area contributed by atoms with Crippen LogP contribution in [0.25, 0.3) is 22.5 Å². The van der Waals surface area contributed by atoms with E-state index >= 15 is 0 Å². The maximum atomic E-state index is 13.1. The van der Waals surface area contributed by atoms with E-state index in [1.54, 1.807) is 12.1 Å². The topological polar surface area (TPSA) is 25.8 Å². The van der Waals surface area contributed by atoms with Gasteiger partial charge in [0.1, 0.15) is 5.82 Å². The second kappa shape index (κ2) is 11.4. The molecule has 1 heterocycles. The van der Waals surface area contributed by atoms with Crippen LogP contribution in [0.2, 0.25) is 0 Å². The van der Waals surface area contributed by atoms with Crippen molar-refractivity contribution in [1.82, 2.24) is 9.97 Å². The lowest BCUT2D eigenvalue weighted by Gasteiger charge is -2.29. The molecule has 0 N–H and O–H groups in total. The highest BCUT2D eigenvalue weighted by molar-refractivity contribution is 5.64. The second-order valence-electron chi connectivity index (χ2n) is 9.34. The van der Waals surface area contributed by atoms with Crippen LogP contribution < -0.4 is 0 Å². The Morgan fingerprint density at radius 2 is 1.34 bits per heavy atom. The summed E-state index contributed by atoms with van der Waals surface area (Å²) in [6, 6.07) is 15.3. The molecule has 1 fully saturated rings. The fraction of sp³-hybridized carbons (Fsp3) is 0.448. The van der Waals surface area contributed by atoms with Gasteiger partial charge < -0.3 is 0 Å². The molecule has 0 spiro atoms. The Hall–Kier alpha value is -2.55. The van der Waals surface area contributed by atoms with E-state index in [1.807, 2.05) is 12.4 Å². The number of unbranched alkanes of at least 4 members (excludes halogenated alkanes) is 4. The van der Waals surface area contributed by atoms with Gasteiger partial charge in [-0.3, -0.25) is 0 Å². The van der Waals surface area contributed by atoms with Crippen LogP contribution in [0.1, 0.15) is 82.6 Å². The zero-order valence-electron chi connectivity index (χ0n) is 19.3. The zero-order chi connectivity index (χ0) is 22.2. The number of halogens is 1. The largest absolute Gasteiger partial charge is 0.236 e. The summed E-state index contributed by atoms with van der Waals surface area (Å²) < 4.78 is 13.1. The van der Waals surface area contributed by atoms with Crippen molar-refractivity contribution >= 4 is 0 Å². The Morgan fingerprint density at radius 1 is 0.719 bits per heavy atom. The molecule has 32 heavy (non-hydrogen) atoms. The molecule has 0 bridgehead atoms. The van der Waals surface area contributed by atoms with Crippen LogP contribution in [0.4, 0.5) is 4.39 Å². The SMILES string of the molecule is CCCCCCC[C@H]1CC[C@H](c2ccc(-c3cnc(-c4ccc(F)cc4)nc3)cc2)CC1. The molecule has 2 aromatic carbocycles. The van der Waals surface area contributed by atoms with Gasteiger partial charge in [-0.05, 0) is 72.9 Å². The highest BCUT2D eigenvalue weighted by Gasteiger charge is 2.22. The lowest BCUT2D eigenvalue weighted by molar-refractivity contribution is 0.302. The van der Waals surface area contributed by atoms with Gasteiger partial charge in [0.05, 0.1) is 0 Å². The minimum absolute atomic E-state index is 0.249. The van der Waals surface area contributed by atoms with Crippen molar-refractivity contribution in [3.8, 4) is 22.5 Å². The van der Waals surface area contributed by atoms with Crippen LogP contribution in [0.5, 0.6) is 0 Å². The van der Waals surface area contributed by atoms with Gasteiger partial charge in [-0.2, -0.15) is 0 Å². The van der Waals surface area contributed by atoms with Gasteiger partial charge in [-0.25, -0.2) is 14.4 Å². The minimum Gasteiger partial charge on any atom is -0.236 e. The van der Waals surface area contributed by atoms with Crippen LogP contribution in [0.3, 0.4) is 0 Å². The van der Waals surface area contributed by atoms with E-state index in [2.05, 4.69) is 41.2 Å². The number of hydrogen-bond acceptors (Lipinski definition) is 2. The maximum absolute atomic E-state index is 13.1. The summed E-state index contributed by atoms with van der Waals surface area (Å²) in [5, 5.41) is 0. The van der Waals surface area contributed by atoms with Crippen molar-refractivity contribution in [2.24, 2.45) is 5.92 Å². The summed E-state index contributed by atoms with van der Waals surface area (Å²) in [6.45, 7) is 2.29. The van der Waals surface area contributed by atoms with E-state index in [4.69, 9.17) is 0 Å². The first-order valence-electron chi connectivity index (χ1n) is 12.4. The Balaban J connectivity index is 1.29. The first kappa shape index (κ1) is 22.6. The molecule has 2 nitrogen and oxygen atoms in total. The molecule has 3 aromatic rings. The maximum Gasteiger partial charge on any atom is 0.159 e. The highest BCUT2D eigenvalue weighted by Crippen LogP contribution is 2.38. The predicted octanol–water partition coefficient (Wildman–Crippen LogP) is 8.58. The summed E-state index contributed by atoms with van der Waals surface area (Å²) in [4.78, 5) is 8.97. The normalized spacial score (nSPS) is 18.6. The monoisotopic (exact) mass is 430 g/mol. The molecule has 4 rings (SSSR count). The lowest BCUT2D eigenvalue weighted by atomic mass is 9.77. The zero-order valence-corrected chi connectivity index (χ0v) is 19.3. The van der Waals surface area contributed by atoms with E-state index in [0.29, 0.717) is 11.7 Å². The Kier molecular flexibility index (Phi) is 8.03. The van der Waals surface area contributed by atoms with Crippen LogP contribution in [-0.2, 0) is 0 Å². The molecule has 0 unspecified atom stereocenters. The van der Waals surface area contributed by atoms with Crippen molar-refractivity contribution in [1.29, 1.82) is 0 Å². The van der Waals surface area contributed by atoms with Crippen molar-refractivity contribution in [2.75, 3.05) is 0 Å². The van der Waals surface area contributed by atoms with Gasteiger partial charge >= 0.3 is 0 Å². The molecule has 0 atom stereocenters. The van der Waals surface area contributed by atoms with Crippen LogP contribution in [-0.4, -0.2) is 9.97 Å². The average Bonchev–Trinajstić information content (AvgIpc) is 2.85. The summed E-state index contributed by atoms with van der Waals surface area (Å²) in [5.74, 6) is 2.02. The predicted molar refractivity (Wildman–Crippen MR) is 131 cm³/mol. The molecule has 1 aliphatic carbocycles. The Labute approximate surface area is 192 Å². The Bertz CT molecular complexity index is 940. The molecule has 0 aliphatic heterocycles. The molecule has 0 saturated heterocycles. The van der Waals surface area contributed by atoms with E-state index in [0.717, 1.165) is 22.6 Å². The molecule has 0 amide bonds. The highest BCUT2D eigenvalue weighted by atomic mass is 19.1. The fourth-order valence-corrected chi connectivity index (χ4v) is 4.99. The third kappa shape index (κ3) is 6.03.